The van der Waals surface area contributed by atoms with Gasteiger partial charge in [-0.15, -0.1) is 0 Å². The van der Waals surface area contributed by atoms with Gasteiger partial charge in [-0.3, -0.25) is 0 Å². The van der Waals surface area contributed by atoms with Gasteiger partial charge in [-0.2, -0.15) is 0 Å². The Kier molecular flexibility index (Phi) is 4.09. The number of aliphatic hydroxyl groups excluding tert-OH is 1. The van der Waals surface area contributed by atoms with Crippen LogP contribution >= 0.6 is 0 Å². The maximum absolute atomic E-state index is 12.0. The van der Waals surface area contributed by atoms with Crippen molar-refractivity contribution < 1.29 is 9.90 Å². The Morgan fingerprint density at radius 3 is 2.47 bits per heavy atom. The minimum absolute atomic E-state index is 0.0161. The van der Waals surface area contributed by atoms with E-state index in [-0.39, 0.29) is 12.6 Å². The molecule has 2 aliphatic rings. The standard InChI is InChI=1S/C15H28N2O2/c1-11(2)8-15(6-7-15)9-16-13(19)17-14(3,10-18)12-4-5-12/h11-12,18H,4-10H2,1-3H3,(H2,16,17,19). The average Bonchev–Trinajstić information content (AvgIpc) is 3.20. The first-order chi connectivity index (χ1) is 8.89. The van der Waals surface area contributed by atoms with Gasteiger partial charge in [0.05, 0.1) is 12.1 Å². The zero-order valence-corrected chi connectivity index (χ0v) is 12.5. The average molecular weight is 268 g/mol. The van der Waals surface area contributed by atoms with Crippen LogP contribution in [0.3, 0.4) is 0 Å². The molecule has 0 radical (unpaired) electrons. The molecule has 0 spiro atoms. The summed E-state index contributed by atoms with van der Waals surface area (Å²) in [6.07, 6.45) is 5.85. The number of nitrogens with one attached hydrogen (secondary N) is 2. The van der Waals surface area contributed by atoms with Crippen molar-refractivity contribution >= 4 is 6.03 Å². The Hall–Kier alpha value is -0.770. The second kappa shape index (κ2) is 5.31. The topological polar surface area (TPSA) is 61.4 Å². The maximum Gasteiger partial charge on any atom is 0.315 e. The zero-order chi connectivity index (χ0) is 14.1. The minimum atomic E-state index is -0.446. The molecule has 0 aromatic rings. The Morgan fingerprint density at radius 2 is 2.05 bits per heavy atom. The largest absolute Gasteiger partial charge is 0.394 e. The lowest BCUT2D eigenvalue weighted by atomic mass is 9.94. The molecule has 3 N–H and O–H groups in total. The van der Waals surface area contributed by atoms with Crippen LogP contribution in [-0.4, -0.2) is 29.8 Å². The van der Waals surface area contributed by atoms with Gasteiger partial charge in [-0.25, -0.2) is 4.79 Å². The number of carbonyl (C=O) groups excluding carboxylic acids is 1. The lowest BCUT2D eigenvalue weighted by molar-refractivity contribution is 0.154. The quantitative estimate of drug-likeness (QED) is 0.663. The van der Waals surface area contributed by atoms with Gasteiger partial charge in [0.25, 0.3) is 0 Å². The molecule has 2 rings (SSSR count). The molecule has 110 valence electrons. The van der Waals surface area contributed by atoms with Crippen LogP contribution in [0.2, 0.25) is 0 Å². The van der Waals surface area contributed by atoms with Gasteiger partial charge in [0.2, 0.25) is 0 Å². The third kappa shape index (κ3) is 3.85. The number of rotatable bonds is 7. The number of amides is 2. The van der Waals surface area contributed by atoms with Crippen LogP contribution in [0.15, 0.2) is 0 Å². The van der Waals surface area contributed by atoms with Crippen molar-refractivity contribution in [1.29, 1.82) is 0 Å². The molecule has 0 heterocycles. The molecule has 0 saturated heterocycles. The molecular formula is C15H28N2O2. The fraction of sp³-hybridized carbons (Fsp3) is 0.933. The Labute approximate surface area is 116 Å². The highest BCUT2D eigenvalue weighted by molar-refractivity contribution is 5.75. The van der Waals surface area contributed by atoms with Gasteiger partial charge in [0.15, 0.2) is 0 Å². The number of aliphatic hydroxyl groups is 1. The fourth-order valence-corrected chi connectivity index (χ4v) is 3.06. The van der Waals surface area contributed by atoms with Crippen molar-refractivity contribution in [3.05, 3.63) is 0 Å². The van der Waals surface area contributed by atoms with E-state index in [0.717, 1.165) is 19.4 Å². The lowest BCUT2D eigenvalue weighted by Gasteiger charge is -2.29. The van der Waals surface area contributed by atoms with Crippen molar-refractivity contribution in [2.45, 2.75) is 58.4 Å². The van der Waals surface area contributed by atoms with E-state index >= 15 is 0 Å². The van der Waals surface area contributed by atoms with Crippen LogP contribution in [0.25, 0.3) is 0 Å². The summed E-state index contributed by atoms with van der Waals surface area (Å²) >= 11 is 0. The molecule has 19 heavy (non-hydrogen) atoms. The molecule has 0 aromatic heterocycles. The molecule has 0 bridgehead atoms. The highest BCUT2D eigenvalue weighted by Crippen LogP contribution is 2.50. The summed E-state index contributed by atoms with van der Waals surface area (Å²) in [6, 6.07) is -0.126. The van der Waals surface area contributed by atoms with Crippen LogP contribution < -0.4 is 10.6 Å². The lowest BCUT2D eigenvalue weighted by Crippen LogP contribution is -2.54. The second-order valence-electron chi connectivity index (χ2n) is 7.26. The monoisotopic (exact) mass is 268 g/mol. The van der Waals surface area contributed by atoms with Crippen LogP contribution in [-0.2, 0) is 0 Å². The summed E-state index contributed by atoms with van der Waals surface area (Å²) in [5.41, 5.74) is -0.0977. The first-order valence-corrected chi connectivity index (χ1v) is 7.56. The number of urea groups is 1. The molecule has 1 atom stereocenters. The number of hydrogen-bond acceptors (Lipinski definition) is 2. The summed E-state index contributed by atoms with van der Waals surface area (Å²) in [5.74, 6) is 1.12. The van der Waals surface area contributed by atoms with E-state index in [9.17, 15) is 9.90 Å². The Balaban J connectivity index is 1.75. The third-order valence-corrected chi connectivity index (χ3v) is 4.63. The molecule has 2 saturated carbocycles. The highest BCUT2D eigenvalue weighted by Gasteiger charge is 2.44. The molecular weight excluding hydrogens is 240 g/mol. The van der Waals surface area contributed by atoms with Crippen molar-refractivity contribution in [2.24, 2.45) is 17.3 Å². The van der Waals surface area contributed by atoms with E-state index in [2.05, 4.69) is 24.5 Å². The van der Waals surface area contributed by atoms with E-state index < -0.39 is 5.54 Å². The molecule has 0 aromatic carbocycles. The van der Waals surface area contributed by atoms with Gasteiger partial charge >= 0.3 is 6.03 Å². The van der Waals surface area contributed by atoms with E-state index in [1.165, 1.54) is 19.3 Å². The molecule has 4 nitrogen and oxygen atoms in total. The van der Waals surface area contributed by atoms with Crippen LogP contribution in [0.5, 0.6) is 0 Å². The van der Waals surface area contributed by atoms with E-state index in [4.69, 9.17) is 0 Å². The zero-order valence-electron chi connectivity index (χ0n) is 12.5. The van der Waals surface area contributed by atoms with Crippen molar-refractivity contribution in [2.75, 3.05) is 13.2 Å². The molecule has 0 aliphatic heterocycles. The number of carbonyl (C=O) groups is 1. The maximum atomic E-state index is 12.0. The SMILES string of the molecule is CC(C)CC1(CNC(=O)NC(C)(CO)C2CC2)CC1. The summed E-state index contributed by atoms with van der Waals surface area (Å²) in [6.45, 7) is 7.18. The normalized spacial score (nSPS) is 23.8. The molecule has 4 heteroatoms. The summed E-state index contributed by atoms with van der Waals surface area (Å²) in [5, 5.41) is 15.4. The highest BCUT2D eigenvalue weighted by atomic mass is 16.3. The van der Waals surface area contributed by atoms with Crippen molar-refractivity contribution in [1.82, 2.24) is 10.6 Å². The van der Waals surface area contributed by atoms with E-state index in [0.29, 0.717) is 17.3 Å². The summed E-state index contributed by atoms with van der Waals surface area (Å²) in [7, 11) is 0. The van der Waals surface area contributed by atoms with Gasteiger partial charge in [0.1, 0.15) is 0 Å². The molecule has 1 unspecified atom stereocenters. The van der Waals surface area contributed by atoms with Crippen LogP contribution in [0, 0.1) is 17.3 Å². The van der Waals surface area contributed by atoms with E-state index in [1.807, 2.05) is 6.92 Å². The fourth-order valence-electron chi connectivity index (χ4n) is 3.06. The predicted octanol–water partition coefficient (Wildman–Crippen LogP) is 2.27. The summed E-state index contributed by atoms with van der Waals surface area (Å²) in [4.78, 5) is 12.0. The molecule has 2 amide bonds. The van der Waals surface area contributed by atoms with Crippen molar-refractivity contribution in [3.63, 3.8) is 0 Å². The first kappa shape index (κ1) is 14.6. The minimum Gasteiger partial charge on any atom is -0.394 e. The predicted molar refractivity (Wildman–Crippen MR) is 75.9 cm³/mol. The van der Waals surface area contributed by atoms with Crippen LogP contribution in [0.1, 0.15) is 52.9 Å². The second-order valence-corrected chi connectivity index (χ2v) is 7.26. The van der Waals surface area contributed by atoms with Gasteiger partial charge in [-0.05, 0) is 56.3 Å². The summed E-state index contributed by atoms with van der Waals surface area (Å²) < 4.78 is 0. The van der Waals surface area contributed by atoms with Gasteiger partial charge < -0.3 is 15.7 Å². The Bertz CT molecular complexity index is 335. The smallest absolute Gasteiger partial charge is 0.315 e. The molecule has 2 fully saturated rings. The Morgan fingerprint density at radius 1 is 1.42 bits per heavy atom. The van der Waals surface area contributed by atoms with Gasteiger partial charge in [-0.1, -0.05) is 13.8 Å². The first-order valence-electron chi connectivity index (χ1n) is 7.56. The molecule has 2 aliphatic carbocycles. The van der Waals surface area contributed by atoms with Crippen LogP contribution in [0.4, 0.5) is 4.79 Å². The van der Waals surface area contributed by atoms with Crippen molar-refractivity contribution in [3.8, 4) is 0 Å². The van der Waals surface area contributed by atoms with Gasteiger partial charge in [0, 0.05) is 6.54 Å². The number of hydrogen-bond donors (Lipinski definition) is 3. The van der Waals surface area contributed by atoms with E-state index in [1.54, 1.807) is 0 Å². The third-order valence-electron chi connectivity index (χ3n) is 4.63.